The molecule has 0 spiro atoms. The van der Waals surface area contributed by atoms with Crippen molar-refractivity contribution < 1.29 is 10.4 Å². The van der Waals surface area contributed by atoms with E-state index in [2.05, 4.69) is 67.8 Å². The zero-order valence-corrected chi connectivity index (χ0v) is 16.9. The normalized spacial score (nSPS) is 12.9. The minimum absolute atomic E-state index is 0.457. The number of fused-ring (bicyclic) bond motifs is 3. The van der Waals surface area contributed by atoms with Crippen LogP contribution in [-0.2, 0) is 7.05 Å². The highest BCUT2D eigenvalue weighted by molar-refractivity contribution is 6.08. The largest absolute Gasteiger partial charge is 0.437 e. The van der Waals surface area contributed by atoms with Gasteiger partial charge in [-0.1, -0.05) is 39.8 Å². The van der Waals surface area contributed by atoms with Gasteiger partial charge in [0.15, 0.2) is 11.8 Å². The van der Waals surface area contributed by atoms with Gasteiger partial charge in [-0.25, -0.2) is 9.55 Å². The molecule has 0 radical (unpaired) electrons. The molecule has 0 bridgehead atoms. The predicted octanol–water partition coefficient (Wildman–Crippen LogP) is 6.03. The van der Waals surface area contributed by atoms with Gasteiger partial charge in [-0.15, -0.1) is 0 Å². The second-order valence-corrected chi connectivity index (χ2v) is 7.90. The third-order valence-corrected chi connectivity index (χ3v) is 5.32. The van der Waals surface area contributed by atoms with Crippen LogP contribution in [0.15, 0.2) is 47.0 Å². The quantitative estimate of drug-likeness (QED) is 0.418. The van der Waals surface area contributed by atoms with Gasteiger partial charge in [0.05, 0.1) is 5.56 Å². The van der Waals surface area contributed by atoms with Gasteiger partial charge in [-0.2, -0.15) is 0 Å². The van der Waals surface area contributed by atoms with E-state index >= 15 is 0 Å². The van der Waals surface area contributed by atoms with Crippen molar-refractivity contribution in [1.29, 1.82) is 0 Å². The lowest BCUT2D eigenvalue weighted by atomic mass is 9.97. The maximum Gasteiger partial charge on any atom is 0.227 e. The van der Waals surface area contributed by atoms with Crippen LogP contribution < -0.4 is 4.57 Å². The van der Waals surface area contributed by atoms with Crippen molar-refractivity contribution in [3.63, 3.8) is 0 Å². The summed E-state index contributed by atoms with van der Waals surface area (Å²) in [5, 5.41) is 2.05. The van der Waals surface area contributed by atoms with E-state index in [0.29, 0.717) is 17.3 Å². The number of hydrogen-bond donors (Lipinski definition) is 0. The molecule has 0 N–H and O–H groups in total. The first-order chi connectivity index (χ1) is 13.2. The molecule has 0 saturated heterocycles. The average molecular weight is 360 g/mol. The van der Waals surface area contributed by atoms with Crippen molar-refractivity contribution in [3.05, 3.63) is 59.4 Å². The summed E-state index contributed by atoms with van der Waals surface area (Å²) >= 11 is 0. The van der Waals surface area contributed by atoms with Gasteiger partial charge in [0.1, 0.15) is 7.05 Å². The fraction of sp³-hybridized carbons (Fsp3) is 0.333. The molecule has 3 heteroatoms. The van der Waals surface area contributed by atoms with Crippen molar-refractivity contribution in [2.45, 2.75) is 46.4 Å². The third kappa shape index (κ3) is 2.91. The Balaban J connectivity index is 2.04. The number of benzene rings is 1. The topological polar surface area (TPSA) is 29.9 Å². The number of furan rings is 1. The van der Waals surface area contributed by atoms with Crippen molar-refractivity contribution in [1.82, 2.24) is 4.98 Å². The van der Waals surface area contributed by atoms with Gasteiger partial charge in [-0.05, 0) is 42.0 Å². The Hall–Kier alpha value is -2.68. The lowest BCUT2D eigenvalue weighted by molar-refractivity contribution is -0.660. The highest BCUT2D eigenvalue weighted by atomic mass is 16.3. The first-order valence-electron chi connectivity index (χ1n) is 10.00. The second kappa shape index (κ2) is 6.49. The van der Waals surface area contributed by atoms with Gasteiger partial charge in [0, 0.05) is 30.0 Å². The van der Waals surface area contributed by atoms with E-state index in [1.165, 1.54) is 11.1 Å². The van der Waals surface area contributed by atoms with Crippen molar-refractivity contribution in [3.8, 4) is 11.3 Å². The number of aryl methyl sites for hydroxylation is 2. The zero-order chi connectivity index (χ0) is 20.2. The molecular formula is C24H27N2O+. The van der Waals surface area contributed by atoms with Crippen LogP contribution in [0.25, 0.3) is 33.3 Å². The predicted molar refractivity (Wildman–Crippen MR) is 111 cm³/mol. The van der Waals surface area contributed by atoms with Crippen LogP contribution in [-0.4, -0.2) is 4.98 Å². The second-order valence-electron chi connectivity index (χ2n) is 7.90. The van der Waals surface area contributed by atoms with Crippen molar-refractivity contribution in [2.24, 2.45) is 7.05 Å². The lowest BCUT2D eigenvalue weighted by Gasteiger charge is -2.09. The summed E-state index contributed by atoms with van der Waals surface area (Å²) in [7, 11) is 2.07. The van der Waals surface area contributed by atoms with Crippen LogP contribution in [0.5, 0.6) is 0 Å². The first kappa shape index (κ1) is 16.5. The van der Waals surface area contributed by atoms with E-state index in [0.717, 1.165) is 27.6 Å². The molecule has 27 heavy (non-hydrogen) atoms. The van der Waals surface area contributed by atoms with E-state index in [1.807, 2.05) is 26.0 Å². The molecule has 0 atom stereocenters. The first-order valence-corrected chi connectivity index (χ1v) is 9.50. The summed E-state index contributed by atoms with van der Waals surface area (Å²) in [6.45, 7) is 10.2. The molecule has 3 heterocycles. The fourth-order valence-electron chi connectivity index (χ4n) is 3.61. The average Bonchev–Trinajstić information content (AvgIpc) is 2.99. The molecule has 0 saturated carbocycles. The Morgan fingerprint density at radius 2 is 1.78 bits per heavy atom. The molecule has 138 valence electrons. The number of pyridine rings is 2. The number of hydrogen-bond acceptors (Lipinski definition) is 2. The molecule has 3 aromatic heterocycles. The highest BCUT2D eigenvalue weighted by Crippen LogP contribution is 2.37. The van der Waals surface area contributed by atoms with Gasteiger partial charge >= 0.3 is 0 Å². The molecule has 4 rings (SSSR count). The van der Waals surface area contributed by atoms with E-state index in [4.69, 9.17) is 5.79 Å². The van der Waals surface area contributed by atoms with Gasteiger partial charge < -0.3 is 4.42 Å². The minimum Gasteiger partial charge on any atom is -0.437 e. The molecule has 4 aromatic rings. The number of rotatable bonds is 3. The molecule has 0 aliphatic carbocycles. The van der Waals surface area contributed by atoms with Crippen LogP contribution >= 0.6 is 0 Å². The summed E-state index contributed by atoms with van der Waals surface area (Å²) in [5.74, 6) is -0.303. The molecule has 0 unspecified atom stereocenters. The maximum absolute atomic E-state index is 8.28. The van der Waals surface area contributed by atoms with Crippen LogP contribution in [0.4, 0.5) is 0 Å². The van der Waals surface area contributed by atoms with Crippen molar-refractivity contribution >= 4 is 22.1 Å². The molecule has 0 aliphatic rings. The fourth-order valence-corrected chi connectivity index (χ4v) is 3.61. The Morgan fingerprint density at radius 1 is 1.04 bits per heavy atom. The SMILES string of the molecule is [2H]C(C)(C)c1ccc2c(n1)oc1c(-c3cc(C(C)C)cc[n+]3C)c(C)ccc12. The maximum atomic E-state index is 8.28. The summed E-state index contributed by atoms with van der Waals surface area (Å²) in [4.78, 5) is 4.66. The summed E-state index contributed by atoms with van der Waals surface area (Å²) in [6.07, 6.45) is 2.12. The Kier molecular flexibility index (Phi) is 3.96. The molecule has 1 aromatic carbocycles. The Bertz CT molecular complexity index is 1200. The van der Waals surface area contributed by atoms with Gasteiger partial charge in [-0.3, -0.25) is 0 Å². The Labute approximate surface area is 162 Å². The van der Waals surface area contributed by atoms with Gasteiger partial charge in [0.25, 0.3) is 0 Å². The molecule has 0 amide bonds. The van der Waals surface area contributed by atoms with E-state index in [1.54, 1.807) is 0 Å². The summed E-state index contributed by atoms with van der Waals surface area (Å²) in [5.41, 5.74) is 6.88. The van der Waals surface area contributed by atoms with E-state index in [9.17, 15) is 0 Å². The zero-order valence-electron chi connectivity index (χ0n) is 17.9. The smallest absolute Gasteiger partial charge is 0.227 e. The number of nitrogens with zero attached hydrogens (tertiary/aromatic N) is 2. The highest BCUT2D eigenvalue weighted by Gasteiger charge is 2.22. The van der Waals surface area contributed by atoms with Crippen molar-refractivity contribution in [2.75, 3.05) is 0 Å². The molecule has 3 nitrogen and oxygen atoms in total. The van der Waals surface area contributed by atoms with Crippen LogP contribution in [0.2, 0.25) is 0 Å². The van der Waals surface area contributed by atoms with E-state index < -0.39 is 5.89 Å². The van der Waals surface area contributed by atoms with Crippen LogP contribution in [0, 0.1) is 6.92 Å². The molecule has 0 fully saturated rings. The van der Waals surface area contributed by atoms with Crippen LogP contribution in [0.1, 0.15) is 57.7 Å². The monoisotopic (exact) mass is 360 g/mol. The van der Waals surface area contributed by atoms with Crippen LogP contribution in [0.3, 0.4) is 0 Å². The van der Waals surface area contributed by atoms with Gasteiger partial charge in [0.2, 0.25) is 11.4 Å². The standard InChI is InChI=1S/C24H27N2O/c1-14(2)17-11-12-26(6)21(13-17)22-16(5)7-8-18-19-9-10-20(15(3)4)25-24(19)27-23(18)22/h7-15H,1-6H3/q+1/i15D. The minimum atomic E-state index is -0.760. The third-order valence-electron chi connectivity index (χ3n) is 5.32. The summed E-state index contributed by atoms with van der Waals surface area (Å²) < 4.78 is 16.7. The number of aromatic nitrogens is 2. The Morgan fingerprint density at radius 3 is 2.48 bits per heavy atom. The summed E-state index contributed by atoms with van der Waals surface area (Å²) in [6, 6.07) is 12.7. The molecular weight excluding hydrogens is 332 g/mol. The lowest BCUT2D eigenvalue weighted by Crippen LogP contribution is -2.31. The molecule has 0 aliphatic heterocycles. The van der Waals surface area contributed by atoms with E-state index in [-0.39, 0.29) is 0 Å².